The van der Waals surface area contributed by atoms with Crippen LogP contribution in [0.1, 0.15) is 28.4 Å². The highest BCUT2D eigenvalue weighted by Crippen LogP contribution is 2.33. The summed E-state index contributed by atoms with van der Waals surface area (Å²) in [6.07, 6.45) is 4.72. The first-order valence-corrected chi connectivity index (χ1v) is 5.87. The maximum Gasteiger partial charge on any atom is 0.0833 e. The molecule has 1 aliphatic rings. The van der Waals surface area contributed by atoms with Gasteiger partial charge >= 0.3 is 0 Å². The summed E-state index contributed by atoms with van der Waals surface area (Å²) in [7, 11) is 0. The minimum Gasteiger partial charge on any atom is -0.388 e. The second-order valence-corrected chi connectivity index (χ2v) is 4.42. The summed E-state index contributed by atoms with van der Waals surface area (Å²) >= 11 is 0. The summed E-state index contributed by atoms with van der Waals surface area (Å²) in [6.45, 7) is 0. The normalized spacial score (nSPS) is 17.8. The van der Waals surface area contributed by atoms with Crippen molar-refractivity contribution in [2.24, 2.45) is 0 Å². The number of hydrogen-bond donors (Lipinski definition) is 1. The Bertz CT molecular complexity index is 555. The van der Waals surface area contributed by atoms with E-state index in [1.54, 1.807) is 0 Å². The highest BCUT2D eigenvalue weighted by atomic mass is 16.3. The van der Waals surface area contributed by atoms with Gasteiger partial charge in [0, 0.05) is 6.42 Å². The average Bonchev–Trinajstić information content (AvgIpc) is 2.37. The van der Waals surface area contributed by atoms with Gasteiger partial charge in [-0.1, -0.05) is 54.6 Å². The van der Waals surface area contributed by atoms with E-state index in [9.17, 15) is 5.11 Å². The lowest BCUT2D eigenvalue weighted by molar-refractivity contribution is 0.154. The molecule has 0 spiro atoms. The van der Waals surface area contributed by atoms with Gasteiger partial charge < -0.3 is 5.11 Å². The molecule has 0 fully saturated rings. The van der Waals surface area contributed by atoms with Crippen molar-refractivity contribution in [3.05, 3.63) is 70.8 Å². The van der Waals surface area contributed by atoms with Crippen molar-refractivity contribution in [2.45, 2.75) is 12.5 Å². The van der Waals surface area contributed by atoms with Gasteiger partial charge in [0.1, 0.15) is 0 Å². The summed E-state index contributed by atoms with van der Waals surface area (Å²) in [4.78, 5) is 0. The fraction of sp³-hybridized carbons (Fsp3) is 0.125. The van der Waals surface area contributed by atoms with Gasteiger partial charge in [-0.15, -0.1) is 0 Å². The van der Waals surface area contributed by atoms with Gasteiger partial charge in [-0.2, -0.15) is 0 Å². The molecule has 2 aromatic carbocycles. The van der Waals surface area contributed by atoms with E-state index in [2.05, 4.69) is 42.5 Å². The fourth-order valence-electron chi connectivity index (χ4n) is 2.16. The number of fused-ring (bicyclic) bond motifs is 1. The molecule has 0 bridgehead atoms. The number of aliphatic hydroxyl groups excluding tert-OH is 1. The zero-order valence-electron chi connectivity index (χ0n) is 9.51. The first-order chi connectivity index (χ1) is 8.33. The third-order valence-corrected chi connectivity index (χ3v) is 3.21. The summed E-state index contributed by atoms with van der Waals surface area (Å²) < 4.78 is 0. The highest BCUT2D eigenvalue weighted by Gasteiger charge is 2.23. The first kappa shape index (κ1) is 10.3. The molecular weight excluding hydrogens is 208 g/mol. The fourth-order valence-corrected chi connectivity index (χ4v) is 2.16. The largest absolute Gasteiger partial charge is 0.388 e. The summed E-state index contributed by atoms with van der Waals surface area (Å²) in [5.41, 5.74) is 4.69. The van der Waals surface area contributed by atoms with E-state index in [-0.39, 0.29) is 6.10 Å². The van der Waals surface area contributed by atoms with E-state index >= 15 is 0 Å². The van der Waals surface area contributed by atoms with Crippen molar-refractivity contribution in [3.8, 4) is 0 Å². The van der Waals surface area contributed by atoms with Crippen molar-refractivity contribution in [2.75, 3.05) is 0 Å². The van der Waals surface area contributed by atoms with Crippen LogP contribution >= 0.6 is 0 Å². The van der Waals surface area contributed by atoms with Crippen LogP contribution in [0.4, 0.5) is 0 Å². The second kappa shape index (κ2) is 4.19. The van der Waals surface area contributed by atoms with Gasteiger partial charge in [0.05, 0.1) is 6.10 Å². The maximum absolute atomic E-state index is 9.59. The van der Waals surface area contributed by atoms with Crippen LogP contribution in [0.3, 0.4) is 0 Å². The van der Waals surface area contributed by atoms with Crippen LogP contribution in [-0.2, 0) is 6.42 Å². The van der Waals surface area contributed by atoms with Crippen molar-refractivity contribution < 1.29 is 5.11 Å². The molecule has 0 radical (unpaired) electrons. The van der Waals surface area contributed by atoms with E-state index < -0.39 is 0 Å². The van der Waals surface area contributed by atoms with Gasteiger partial charge in [0.25, 0.3) is 0 Å². The molecule has 84 valence electrons. The van der Waals surface area contributed by atoms with E-state index in [4.69, 9.17) is 0 Å². The molecule has 0 amide bonds. The van der Waals surface area contributed by atoms with Crippen molar-refractivity contribution >= 4 is 12.2 Å². The molecular formula is C16H14O. The molecule has 1 heteroatoms. The number of aliphatic hydroxyl groups is 1. The minimum absolute atomic E-state index is 0.255. The predicted octanol–water partition coefficient (Wildman–Crippen LogP) is 3.45. The molecule has 0 aliphatic heterocycles. The number of rotatable bonds is 2. The minimum atomic E-state index is -0.255. The molecule has 3 rings (SSSR count). The van der Waals surface area contributed by atoms with Gasteiger partial charge in [-0.3, -0.25) is 0 Å². The van der Waals surface area contributed by atoms with Crippen LogP contribution in [0, 0.1) is 0 Å². The molecule has 2 aromatic rings. The zero-order valence-corrected chi connectivity index (χ0v) is 9.51. The highest BCUT2D eigenvalue weighted by molar-refractivity contribution is 5.70. The molecule has 1 atom stereocenters. The van der Waals surface area contributed by atoms with Crippen LogP contribution in [0.5, 0.6) is 0 Å². The molecule has 1 nitrogen and oxygen atoms in total. The SMILES string of the molecule is OC1Cc2ccc(/C=C/c3ccccc3)cc21. The van der Waals surface area contributed by atoms with Crippen LogP contribution in [-0.4, -0.2) is 5.11 Å². The zero-order chi connectivity index (χ0) is 11.7. The molecule has 0 aromatic heterocycles. The van der Waals surface area contributed by atoms with Crippen LogP contribution in [0.25, 0.3) is 12.2 Å². The van der Waals surface area contributed by atoms with E-state index in [1.807, 2.05) is 18.2 Å². The van der Waals surface area contributed by atoms with Gasteiger partial charge in [0.2, 0.25) is 0 Å². The van der Waals surface area contributed by atoms with Crippen LogP contribution < -0.4 is 0 Å². The lowest BCUT2D eigenvalue weighted by Crippen LogP contribution is -2.16. The van der Waals surface area contributed by atoms with Crippen molar-refractivity contribution in [1.29, 1.82) is 0 Å². The topological polar surface area (TPSA) is 20.2 Å². The van der Waals surface area contributed by atoms with Crippen LogP contribution in [0.2, 0.25) is 0 Å². The van der Waals surface area contributed by atoms with Gasteiger partial charge in [-0.25, -0.2) is 0 Å². The van der Waals surface area contributed by atoms with E-state index in [0.29, 0.717) is 0 Å². The summed E-state index contributed by atoms with van der Waals surface area (Å²) in [6, 6.07) is 16.5. The monoisotopic (exact) mass is 222 g/mol. The lowest BCUT2D eigenvalue weighted by atomic mass is 9.84. The molecule has 1 aliphatic carbocycles. The van der Waals surface area contributed by atoms with Gasteiger partial charge in [0.15, 0.2) is 0 Å². The van der Waals surface area contributed by atoms with E-state index in [0.717, 1.165) is 17.5 Å². The molecule has 0 heterocycles. The maximum atomic E-state index is 9.59. The smallest absolute Gasteiger partial charge is 0.0833 e. The quantitative estimate of drug-likeness (QED) is 0.772. The third-order valence-electron chi connectivity index (χ3n) is 3.21. The molecule has 1 N–H and O–H groups in total. The molecule has 1 unspecified atom stereocenters. The Morgan fingerprint density at radius 2 is 1.71 bits per heavy atom. The first-order valence-electron chi connectivity index (χ1n) is 5.87. The Morgan fingerprint density at radius 3 is 2.47 bits per heavy atom. The van der Waals surface area contributed by atoms with Crippen LogP contribution in [0.15, 0.2) is 48.5 Å². The standard InChI is InChI=1S/C16H14O/c17-16-11-14-9-8-13(10-15(14)16)7-6-12-4-2-1-3-5-12/h1-10,16-17H,11H2/b7-6+. The second-order valence-electron chi connectivity index (χ2n) is 4.42. The van der Waals surface area contributed by atoms with E-state index in [1.165, 1.54) is 11.1 Å². The number of benzene rings is 2. The summed E-state index contributed by atoms with van der Waals surface area (Å²) in [5, 5.41) is 9.59. The summed E-state index contributed by atoms with van der Waals surface area (Å²) in [5.74, 6) is 0. The lowest BCUT2D eigenvalue weighted by Gasteiger charge is -2.25. The Kier molecular flexibility index (Phi) is 2.54. The molecule has 17 heavy (non-hydrogen) atoms. The Balaban J connectivity index is 1.84. The Morgan fingerprint density at radius 1 is 0.941 bits per heavy atom. The number of hydrogen-bond acceptors (Lipinski definition) is 1. The van der Waals surface area contributed by atoms with Gasteiger partial charge in [-0.05, 0) is 28.3 Å². The Labute approximate surface area is 101 Å². The van der Waals surface area contributed by atoms with Crippen molar-refractivity contribution in [3.63, 3.8) is 0 Å². The average molecular weight is 222 g/mol. The predicted molar refractivity (Wildman–Crippen MR) is 70.5 cm³/mol. The third kappa shape index (κ3) is 2.02. The van der Waals surface area contributed by atoms with Crippen molar-refractivity contribution in [1.82, 2.24) is 0 Å². The molecule has 0 saturated carbocycles. The Hall–Kier alpha value is -1.86. The molecule has 0 saturated heterocycles.